The number of rotatable bonds is 5. The van der Waals surface area contributed by atoms with Gasteiger partial charge in [0.05, 0.1) is 6.61 Å². The van der Waals surface area contributed by atoms with Gasteiger partial charge in [-0.15, -0.1) is 11.8 Å². The van der Waals surface area contributed by atoms with E-state index in [9.17, 15) is 0 Å². The Morgan fingerprint density at radius 3 is 2.59 bits per heavy atom. The molecule has 0 fully saturated rings. The Hall–Kier alpha value is -0.510. The van der Waals surface area contributed by atoms with Crippen LogP contribution >= 0.6 is 11.8 Å². The molecule has 17 heavy (non-hydrogen) atoms. The number of benzene rings is 1. The number of hydrogen-bond donors (Lipinski definition) is 2. The molecule has 0 aliphatic heterocycles. The maximum atomic E-state index is 9.17. The van der Waals surface area contributed by atoms with Crippen molar-refractivity contribution >= 4 is 11.8 Å². The summed E-state index contributed by atoms with van der Waals surface area (Å²) in [5.41, 5.74) is 8.09. The molecule has 0 heterocycles. The number of hydrogen-bond acceptors (Lipinski definition) is 3. The predicted octanol–water partition coefficient (Wildman–Crippen LogP) is 2.88. The van der Waals surface area contributed by atoms with Crippen LogP contribution in [0.4, 0.5) is 0 Å². The SMILES string of the molecule is Cc1ccc(SC(C)CC(C)(N)CO)c(C)c1. The molecular weight excluding hydrogens is 230 g/mol. The van der Waals surface area contributed by atoms with Crippen LogP contribution in [-0.2, 0) is 0 Å². The third-order valence-electron chi connectivity index (χ3n) is 2.77. The van der Waals surface area contributed by atoms with Crippen molar-refractivity contribution in [2.24, 2.45) is 5.73 Å². The number of nitrogens with two attached hydrogens (primary N) is 1. The van der Waals surface area contributed by atoms with Crippen molar-refractivity contribution in [1.29, 1.82) is 0 Å². The van der Waals surface area contributed by atoms with Crippen molar-refractivity contribution in [3.05, 3.63) is 29.3 Å². The standard InChI is InChI=1S/C14H23NOS/c1-10-5-6-13(11(2)7-10)17-12(3)8-14(4,15)9-16/h5-7,12,16H,8-9,15H2,1-4H3. The van der Waals surface area contributed by atoms with Crippen molar-refractivity contribution in [3.8, 4) is 0 Å². The van der Waals surface area contributed by atoms with Gasteiger partial charge in [-0.3, -0.25) is 0 Å². The third-order valence-corrected chi connectivity index (χ3v) is 4.05. The van der Waals surface area contributed by atoms with E-state index >= 15 is 0 Å². The molecule has 3 heteroatoms. The van der Waals surface area contributed by atoms with Crippen LogP contribution in [0, 0.1) is 13.8 Å². The minimum atomic E-state index is -0.481. The maximum Gasteiger partial charge on any atom is 0.0608 e. The first kappa shape index (κ1) is 14.6. The molecular formula is C14H23NOS. The minimum Gasteiger partial charge on any atom is -0.394 e. The summed E-state index contributed by atoms with van der Waals surface area (Å²) in [6.45, 7) is 8.32. The first-order valence-corrected chi connectivity index (χ1v) is 6.86. The highest BCUT2D eigenvalue weighted by molar-refractivity contribution is 8.00. The van der Waals surface area contributed by atoms with Gasteiger partial charge in [0.15, 0.2) is 0 Å². The van der Waals surface area contributed by atoms with Crippen LogP contribution in [0.25, 0.3) is 0 Å². The third kappa shape index (κ3) is 4.70. The van der Waals surface area contributed by atoms with Gasteiger partial charge < -0.3 is 10.8 Å². The second kappa shape index (κ2) is 5.89. The van der Waals surface area contributed by atoms with Gasteiger partial charge in [0.25, 0.3) is 0 Å². The molecule has 0 bridgehead atoms. The maximum absolute atomic E-state index is 9.17. The average molecular weight is 253 g/mol. The van der Waals surface area contributed by atoms with E-state index in [1.165, 1.54) is 16.0 Å². The Morgan fingerprint density at radius 1 is 1.41 bits per heavy atom. The van der Waals surface area contributed by atoms with E-state index in [1.807, 2.05) is 18.7 Å². The quantitative estimate of drug-likeness (QED) is 0.793. The summed E-state index contributed by atoms with van der Waals surface area (Å²) >= 11 is 1.83. The number of aliphatic hydroxyl groups is 1. The van der Waals surface area contributed by atoms with Crippen LogP contribution in [0.5, 0.6) is 0 Å². The zero-order valence-corrected chi connectivity index (χ0v) is 12.0. The number of aryl methyl sites for hydroxylation is 2. The largest absolute Gasteiger partial charge is 0.394 e. The summed E-state index contributed by atoms with van der Waals surface area (Å²) in [5, 5.41) is 9.57. The highest BCUT2D eigenvalue weighted by Gasteiger charge is 2.21. The molecule has 0 saturated carbocycles. The second-order valence-electron chi connectivity index (χ2n) is 5.21. The van der Waals surface area contributed by atoms with Gasteiger partial charge in [-0.1, -0.05) is 24.6 Å². The van der Waals surface area contributed by atoms with Crippen LogP contribution < -0.4 is 5.73 Å². The van der Waals surface area contributed by atoms with E-state index in [-0.39, 0.29) is 6.61 Å². The lowest BCUT2D eigenvalue weighted by atomic mass is 9.99. The molecule has 0 aliphatic carbocycles. The molecule has 1 aromatic carbocycles. The van der Waals surface area contributed by atoms with Crippen LogP contribution in [0.3, 0.4) is 0 Å². The zero-order valence-electron chi connectivity index (χ0n) is 11.2. The van der Waals surface area contributed by atoms with E-state index in [0.29, 0.717) is 5.25 Å². The summed E-state index contributed by atoms with van der Waals surface area (Å²) in [6.07, 6.45) is 0.807. The fourth-order valence-corrected chi connectivity index (χ4v) is 3.20. The van der Waals surface area contributed by atoms with Crippen molar-refractivity contribution in [2.75, 3.05) is 6.61 Å². The first-order valence-electron chi connectivity index (χ1n) is 5.98. The van der Waals surface area contributed by atoms with Gasteiger partial charge in [-0.2, -0.15) is 0 Å². The number of thioether (sulfide) groups is 1. The van der Waals surface area contributed by atoms with Gasteiger partial charge in [0, 0.05) is 15.7 Å². The van der Waals surface area contributed by atoms with Gasteiger partial charge in [-0.25, -0.2) is 0 Å². The first-order chi connectivity index (χ1) is 7.84. The smallest absolute Gasteiger partial charge is 0.0608 e. The summed E-state index contributed by atoms with van der Waals surface area (Å²) in [4.78, 5) is 1.30. The van der Waals surface area contributed by atoms with E-state index < -0.39 is 5.54 Å². The molecule has 2 atom stereocenters. The lowest BCUT2D eigenvalue weighted by molar-refractivity contribution is 0.201. The Morgan fingerprint density at radius 2 is 2.06 bits per heavy atom. The Kier molecular flexibility index (Phi) is 5.04. The van der Waals surface area contributed by atoms with Gasteiger partial charge in [-0.05, 0) is 38.8 Å². The molecule has 96 valence electrons. The molecule has 0 saturated heterocycles. The van der Waals surface area contributed by atoms with Gasteiger partial charge >= 0.3 is 0 Å². The molecule has 3 N–H and O–H groups in total. The van der Waals surface area contributed by atoms with Crippen LogP contribution in [0.1, 0.15) is 31.4 Å². The Balaban J connectivity index is 2.65. The zero-order chi connectivity index (χ0) is 13.1. The molecule has 0 aliphatic rings. The molecule has 0 spiro atoms. The summed E-state index contributed by atoms with van der Waals surface area (Å²) in [6, 6.07) is 6.50. The molecule has 1 aromatic rings. The van der Waals surface area contributed by atoms with Crippen LogP contribution in [-0.4, -0.2) is 22.5 Å². The van der Waals surface area contributed by atoms with Gasteiger partial charge in [0.2, 0.25) is 0 Å². The highest BCUT2D eigenvalue weighted by atomic mass is 32.2. The topological polar surface area (TPSA) is 46.2 Å². The van der Waals surface area contributed by atoms with E-state index in [1.54, 1.807) is 0 Å². The fourth-order valence-electron chi connectivity index (χ4n) is 1.91. The minimum absolute atomic E-state index is 0.0325. The molecule has 2 unspecified atom stereocenters. The predicted molar refractivity (Wildman–Crippen MR) is 75.5 cm³/mol. The van der Waals surface area contributed by atoms with Crippen molar-refractivity contribution in [1.82, 2.24) is 0 Å². The van der Waals surface area contributed by atoms with Crippen molar-refractivity contribution in [3.63, 3.8) is 0 Å². The summed E-state index contributed by atoms with van der Waals surface area (Å²) in [5.74, 6) is 0. The Labute approximate surface area is 109 Å². The van der Waals surface area contributed by atoms with Crippen molar-refractivity contribution < 1.29 is 5.11 Å². The van der Waals surface area contributed by atoms with Gasteiger partial charge in [0.1, 0.15) is 0 Å². The lowest BCUT2D eigenvalue weighted by Crippen LogP contribution is -2.42. The van der Waals surface area contributed by atoms with Crippen molar-refractivity contribution in [2.45, 2.75) is 49.8 Å². The normalized spacial score (nSPS) is 16.6. The average Bonchev–Trinajstić information content (AvgIpc) is 2.21. The molecule has 1 rings (SSSR count). The molecule has 0 amide bonds. The van der Waals surface area contributed by atoms with E-state index in [4.69, 9.17) is 10.8 Å². The molecule has 0 radical (unpaired) electrons. The lowest BCUT2D eigenvalue weighted by Gasteiger charge is -2.25. The number of aliphatic hydroxyl groups excluding tert-OH is 1. The second-order valence-corrected chi connectivity index (χ2v) is 6.69. The Bertz CT molecular complexity index is 376. The molecule has 2 nitrogen and oxygen atoms in total. The van der Waals surface area contributed by atoms with E-state index in [0.717, 1.165) is 6.42 Å². The summed E-state index contributed by atoms with van der Waals surface area (Å²) in [7, 11) is 0. The highest BCUT2D eigenvalue weighted by Crippen LogP contribution is 2.30. The monoisotopic (exact) mass is 253 g/mol. The fraction of sp³-hybridized carbons (Fsp3) is 0.571. The summed E-state index contributed by atoms with van der Waals surface area (Å²) < 4.78 is 0. The molecule has 0 aromatic heterocycles. The van der Waals surface area contributed by atoms with Crippen LogP contribution in [0.15, 0.2) is 23.1 Å². The van der Waals surface area contributed by atoms with Crippen LogP contribution in [0.2, 0.25) is 0 Å². The van der Waals surface area contributed by atoms with E-state index in [2.05, 4.69) is 39.0 Å².